The Morgan fingerprint density at radius 3 is 2.95 bits per heavy atom. The molecular weight excluding hydrogens is 318 g/mol. The van der Waals surface area contributed by atoms with E-state index in [0.717, 1.165) is 9.44 Å². The molecule has 0 aliphatic heterocycles. The van der Waals surface area contributed by atoms with E-state index >= 15 is 0 Å². The normalized spacial score (nSPS) is 11.4. The van der Waals surface area contributed by atoms with E-state index < -0.39 is 6.55 Å². The summed E-state index contributed by atoms with van der Waals surface area (Å²) in [5.41, 5.74) is 0. The standard InChI is InChI=1S/C11H10F2N6S2/c12-10(13)18-4-3-15-8(18)6-21-11-17-16-9(19(11)14)7-2-1-5-20-7/h1-5,10H,6,14H2. The predicted octanol–water partition coefficient (Wildman–Crippen LogP) is 2.60. The SMILES string of the molecule is Nn1c(SCc2nccn2C(F)F)nnc1-c1cccs1. The molecule has 2 N–H and O–H groups in total. The van der Waals surface area contributed by atoms with E-state index in [2.05, 4.69) is 15.2 Å². The molecule has 0 amide bonds. The zero-order valence-corrected chi connectivity index (χ0v) is 12.2. The van der Waals surface area contributed by atoms with Crippen LogP contribution in [0.4, 0.5) is 8.78 Å². The van der Waals surface area contributed by atoms with E-state index in [4.69, 9.17) is 5.84 Å². The van der Waals surface area contributed by atoms with Crippen LogP contribution in [-0.2, 0) is 5.75 Å². The number of hydrogen-bond acceptors (Lipinski definition) is 6. The van der Waals surface area contributed by atoms with Crippen LogP contribution in [0.25, 0.3) is 10.7 Å². The Bertz CT molecular complexity index is 721. The van der Waals surface area contributed by atoms with Gasteiger partial charge in [-0.25, -0.2) is 9.66 Å². The zero-order valence-electron chi connectivity index (χ0n) is 10.6. The fraction of sp³-hybridized carbons (Fsp3) is 0.182. The van der Waals surface area contributed by atoms with Gasteiger partial charge in [-0.2, -0.15) is 8.78 Å². The second kappa shape index (κ2) is 5.82. The average molecular weight is 328 g/mol. The van der Waals surface area contributed by atoms with Gasteiger partial charge in [0.25, 0.3) is 0 Å². The lowest BCUT2D eigenvalue weighted by atomic mass is 10.4. The molecule has 0 fully saturated rings. The van der Waals surface area contributed by atoms with E-state index in [0.29, 0.717) is 11.0 Å². The van der Waals surface area contributed by atoms with Crippen molar-refractivity contribution in [2.24, 2.45) is 0 Å². The highest BCUT2D eigenvalue weighted by molar-refractivity contribution is 7.98. The van der Waals surface area contributed by atoms with Crippen LogP contribution in [0.3, 0.4) is 0 Å². The molecule has 0 aliphatic carbocycles. The van der Waals surface area contributed by atoms with Gasteiger partial charge in [-0.3, -0.25) is 4.57 Å². The molecule has 3 rings (SSSR count). The molecule has 6 nitrogen and oxygen atoms in total. The molecule has 3 aromatic rings. The van der Waals surface area contributed by atoms with Gasteiger partial charge in [-0.05, 0) is 11.4 Å². The van der Waals surface area contributed by atoms with Gasteiger partial charge in [0.2, 0.25) is 5.16 Å². The van der Waals surface area contributed by atoms with Gasteiger partial charge in [-0.15, -0.1) is 21.5 Å². The number of alkyl halides is 2. The summed E-state index contributed by atoms with van der Waals surface area (Å²) >= 11 is 2.70. The van der Waals surface area contributed by atoms with Crippen LogP contribution in [0, 0.1) is 0 Å². The summed E-state index contributed by atoms with van der Waals surface area (Å²) in [5.74, 6) is 6.97. The van der Waals surface area contributed by atoms with Crippen molar-refractivity contribution in [3.63, 3.8) is 0 Å². The Hall–Kier alpha value is -1.94. The highest BCUT2D eigenvalue weighted by Crippen LogP contribution is 2.27. The Balaban J connectivity index is 1.76. The highest BCUT2D eigenvalue weighted by atomic mass is 32.2. The van der Waals surface area contributed by atoms with Crippen LogP contribution in [0.15, 0.2) is 35.1 Å². The van der Waals surface area contributed by atoms with Crippen LogP contribution in [0.5, 0.6) is 0 Å². The molecule has 0 spiro atoms. The van der Waals surface area contributed by atoms with E-state index in [1.807, 2.05) is 17.5 Å². The van der Waals surface area contributed by atoms with Crippen LogP contribution in [-0.4, -0.2) is 24.4 Å². The van der Waals surface area contributed by atoms with Gasteiger partial charge >= 0.3 is 6.55 Å². The number of nitrogens with zero attached hydrogens (tertiary/aromatic N) is 5. The Labute approximate surface area is 126 Å². The second-order valence-corrected chi connectivity index (χ2v) is 5.86. The molecule has 0 saturated carbocycles. The first kappa shape index (κ1) is 14.0. The molecule has 0 saturated heterocycles. The van der Waals surface area contributed by atoms with Gasteiger partial charge in [0.15, 0.2) is 5.82 Å². The number of thioether (sulfide) groups is 1. The summed E-state index contributed by atoms with van der Waals surface area (Å²) in [4.78, 5) is 4.80. The Morgan fingerprint density at radius 2 is 2.24 bits per heavy atom. The minimum Gasteiger partial charge on any atom is -0.335 e. The molecule has 0 aliphatic rings. The summed E-state index contributed by atoms with van der Waals surface area (Å²) in [6.07, 6.45) is 2.58. The van der Waals surface area contributed by atoms with Crippen LogP contribution < -0.4 is 5.84 Å². The molecule has 0 aromatic carbocycles. The molecule has 0 radical (unpaired) electrons. The minimum atomic E-state index is -2.61. The number of hydrogen-bond donors (Lipinski definition) is 1. The highest BCUT2D eigenvalue weighted by Gasteiger charge is 2.16. The smallest absolute Gasteiger partial charge is 0.319 e. The lowest BCUT2D eigenvalue weighted by molar-refractivity contribution is 0.0678. The Kier molecular flexibility index (Phi) is 3.88. The van der Waals surface area contributed by atoms with Crippen molar-refractivity contribution in [2.45, 2.75) is 17.5 Å². The lowest BCUT2D eigenvalue weighted by Crippen LogP contribution is -2.11. The number of nitrogen functional groups attached to an aromatic ring is 1. The molecular formula is C11H10F2N6S2. The van der Waals surface area contributed by atoms with E-state index in [9.17, 15) is 8.78 Å². The zero-order chi connectivity index (χ0) is 14.8. The van der Waals surface area contributed by atoms with Crippen molar-refractivity contribution in [2.75, 3.05) is 5.84 Å². The summed E-state index contributed by atoms with van der Waals surface area (Å²) in [7, 11) is 0. The number of halogens is 2. The monoisotopic (exact) mass is 328 g/mol. The van der Waals surface area contributed by atoms with Crippen LogP contribution in [0.1, 0.15) is 12.4 Å². The first-order chi connectivity index (χ1) is 10.2. The van der Waals surface area contributed by atoms with Gasteiger partial charge in [0.05, 0.1) is 10.6 Å². The molecule has 0 unspecified atom stereocenters. The number of nitrogens with two attached hydrogens (primary N) is 1. The summed E-state index contributed by atoms with van der Waals surface area (Å²) < 4.78 is 27.6. The summed E-state index contributed by atoms with van der Waals surface area (Å²) in [6.45, 7) is -2.61. The molecule has 10 heteroatoms. The molecule has 0 bridgehead atoms. The fourth-order valence-electron chi connectivity index (χ4n) is 1.71. The molecule has 3 heterocycles. The summed E-state index contributed by atoms with van der Waals surface area (Å²) in [6, 6.07) is 3.77. The number of rotatable bonds is 5. The number of imidazole rings is 1. The number of thiophene rings is 1. The Morgan fingerprint density at radius 1 is 1.38 bits per heavy atom. The number of aromatic nitrogens is 5. The first-order valence-electron chi connectivity index (χ1n) is 5.84. The quantitative estimate of drug-likeness (QED) is 0.575. The molecule has 21 heavy (non-hydrogen) atoms. The fourth-order valence-corrected chi connectivity index (χ4v) is 3.22. The maximum Gasteiger partial charge on any atom is 0.319 e. The second-order valence-electron chi connectivity index (χ2n) is 3.97. The summed E-state index contributed by atoms with van der Waals surface area (Å²) in [5, 5.41) is 10.4. The average Bonchev–Trinajstić information content (AvgIpc) is 3.16. The van der Waals surface area contributed by atoms with Gasteiger partial charge in [0.1, 0.15) is 5.82 Å². The third-order valence-corrected chi connectivity index (χ3v) is 4.50. The van der Waals surface area contributed by atoms with Crippen molar-refractivity contribution in [3.8, 4) is 10.7 Å². The maximum atomic E-state index is 12.7. The predicted molar refractivity (Wildman–Crippen MR) is 76.5 cm³/mol. The van der Waals surface area contributed by atoms with Crippen LogP contribution >= 0.6 is 23.1 Å². The van der Waals surface area contributed by atoms with Crippen LogP contribution in [0.2, 0.25) is 0 Å². The lowest BCUT2D eigenvalue weighted by Gasteiger charge is -2.05. The molecule has 0 atom stereocenters. The van der Waals surface area contributed by atoms with Crippen molar-refractivity contribution in [1.29, 1.82) is 0 Å². The van der Waals surface area contributed by atoms with Gasteiger partial charge in [-0.1, -0.05) is 17.8 Å². The maximum absolute atomic E-state index is 12.7. The van der Waals surface area contributed by atoms with Crippen molar-refractivity contribution in [1.82, 2.24) is 24.4 Å². The third kappa shape index (κ3) is 2.76. The largest absolute Gasteiger partial charge is 0.335 e. The minimum absolute atomic E-state index is 0.233. The van der Waals surface area contributed by atoms with E-state index in [1.54, 1.807) is 0 Å². The van der Waals surface area contributed by atoms with Gasteiger partial charge in [0, 0.05) is 12.4 Å². The molecule has 110 valence electrons. The third-order valence-electron chi connectivity index (χ3n) is 2.70. The topological polar surface area (TPSA) is 74.6 Å². The van der Waals surface area contributed by atoms with E-state index in [1.165, 1.54) is 40.2 Å². The molecule has 3 aromatic heterocycles. The van der Waals surface area contributed by atoms with Crippen molar-refractivity contribution < 1.29 is 8.78 Å². The van der Waals surface area contributed by atoms with Crippen molar-refractivity contribution in [3.05, 3.63) is 35.7 Å². The van der Waals surface area contributed by atoms with Crippen molar-refractivity contribution >= 4 is 23.1 Å². The van der Waals surface area contributed by atoms with E-state index in [-0.39, 0.29) is 11.6 Å². The first-order valence-corrected chi connectivity index (χ1v) is 7.70. The van der Waals surface area contributed by atoms with Gasteiger partial charge < -0.3 is 5.84 Å².